The Morgan fingerprint density at radius 1 is 0.500 bits per heavy atom. The smallest absolute Gasteiger partial charge is 0 e. The van der Waals surface area contributed by atoms with E-state index in [9.17, 15) is 0 Å². The molecule has 25 valence electrons. The summed E-state index contributed by atoms with van der Waals surface area (Å²) in [6.45, 7) is 0. The molecule has 0 rings (SSSR count). The summed E-state index contributed by atoms with van der Waals surface area (Å²) in [4.78, 5) is 0. The van der Waals surface area contributed by atoms with Crippen LogP contribution in [0.4, 0.5) is 0 Å². The summed E-state index contributed by atoms with van der Waals surface area (Å²) in [5.41, 5.74) is 0. The molecule has 0 saturated heterocycles. The third-order valence-corrected chi connectivity index (χ3v) is 0. The Hall–Kier alpha value is 2.36. The quantitative estimate of drug-likeness (QED) is 0.531. The van der Waals surface area contributed by atoms with Crippen molar-refractivity contribution in [2.75, 3.05) is 0 Å². The normalized spacial score (nSPS) is 0. The van der Waals surface area contributed by atoms with Gasteiger partial charge >= 0.3 is 0 Å². The van der Waals surface area contributed by atoms with Gasteiger partial charge in [-0.05, 0) is 0 Å². The van der Waals surface area contributed by atoms with Crippen LogP contribution in [0, 0.1) is 0 Å². The van der Waals surface area contributed by atoms with Crippen LogP contribution in [0.25, 0.3) is 0 Å². The minimum Gasteiger partial charge on any atom is 0 e. The van der Waals surface area contributed by atoms with E-state index in [0.717, 1.165) is 0 Å². The van der Waals surface area contributed by atoms with Gasteiger partial charge in [-0.3, -0.25) is 0 Å². The molecule has 0 aromatic rings. The second-order valence-electron chi connectivity index (χ2n) is 0. The first-order chi connectivity index (χ1) is 0. The third-order valence-electron chi connectivity index (χ3n) is 0. The van der Waals surface area contributed by atoms with E-state index in [1.807, 2.05) is 0 Å². The Morgan fingerprint density at radius 2 is 0.500 bits per heavy atom. The maximum absolute atomic E-state index is 0. The van der Waals surface area contributed by atoms with Gasteiger partial charge in [0, 0.05) is 75.1 Å². The van der Waals surface area contributed by atoms with E-state index >= 15 is 0 Å². The van der Waals surface area contributed by atoms with Gasteiger partial charge in [0.15, 0.2) is 0 Å². The van der Waals surface area contributed by atoms with Gasteiger partial charge in [-0.2, -0.15) is 0 Å². The molecule has 0 bridgehead atoms. The second-order valence-corrected chi connectivity index (χ2v) is 0. The molecule has 0 aromatic heterocycles. The van der Waals surface area contributed by atoms with Crippen LogP contribution >= 0.6 is 0 Å². The molecule has 0 spiro atoms. The SMILES string of the molecule is [Mn].[Mn].[Mn].[Sn]. The average molecular weight is 284 g/mol. The first-order valence-electron chi connectivity index (χ1n) is 0. The Labute approximate surface area is 74.2 Å². The van der Waals surface area contributed by atoms with E-state index in [2.05, 4.69) is 0 Å². The summed E-state index contributed by atoms with van der Waals surface area (Å²) >= 11 is 0. The van der Waals surface area contributed by atoms with Crippen LogP contribution in [0.3, 0.4) is 0 Å². The minimum atomic E-state index is 0. The van der Waals surface area contributed by atoms with Crippen molar-refractivity contribution in [3.63, 3.8) is 0 Å². The molecule has 0 nitrogen and oxygen atoms in total. The average Bonchev–Trinajstić information content (AvgIpc) is 0. The fraction of sp³-hybridized carbons (Fsp3) is 0. The van der Waals surface area contributed by atoms with E-state index in [-0.39, 0.29) is 75.1 Å². The van der Waals surface area contributed by atoms with Crippen LogP contribution in [0.1, 0.15) is 0 Å². The summed E-state index contributed by atoms with van der Waals surface area (Å²) < 4.78 is 0. The van der Waals surface area contributed by atoms with Crippen LogP contribution in [0.2, 0.25) is 0 Å². The summed E-state index contributed by atoms with van der Waals surface area (Å²) in [6, 6.07) is 0. The van der Waals surface area contributed by atoms with E-state index < -0.39 is 0 Å². The molecule has 0 saturated carbocycles. The molecule has 0 N–H and O–H groups in total. The first kappa shape index (κ1) is 32.8. The van der Waals surface area contributed by atoms with E-state index in [1.54, 1.807) is 0 Å². The van der Waals surface area contributed by atoms with Crippen molar-refractivity contribution < 1.29 is 51.2 Å². The van der Waals surface area contributed by atoms with Crippen LogP contribution in [-0.2, 0) is 51.2 Å². The molecular weight excluding hydrogens is 284 g/mol. The zero-order valence-corrected chi connectivity index (χ0v) is 8.03. The topological polar surface area (TPSA) is 0 Å². The fourth-order valence-corrected chi connectivity index (χ4v) is 0. The number of rotatable bonds is 0. The van der Waals surface area contributed by atoms with Gasteiger partial charge in [-0.15, -0.1) is 0 Å². The number of hydrogen-bond donors (Lipinski definition) is 0. The molecule has 0 aliphatic carbocycles. The van der Waals surface area contributed by atoms with Crippen LogP contribution in [-0.4, -0.2) is 23.9 Å². The Bertz CT molecular complexity index is 3.25. The van der Waals surface area contributed by atoms with Gasteiger partial charge in [-0.25, -0.2) is 0 Å². The van der Waals surface area contributed by atoms with Crippen molar-refractivity contribution in [3.05, 3.63) is 0 Å². The summed E-state index contributed by atoms with van der Waals surface area (Å²) in [5.74, 6) is 0. The molecular formula is Mn3Sn. The molecule has 0 fully saturated rings. The van der Waals surface area contributed by atoms with Gasteiger partial charge in [-0.1, -0.05) is 0 Å². The summed E-state index contributed by atoms with van der Waals surface area (Å²) in [5, 5.41) is 0. The molecule has 4 heavy (non-hydrogen) atoms. The summed E-state index contributed by atoms with van der Waals surface area (Å²) in [6.07, 6.45) is 0. The fourth-order valence-electron chi connectivity index (χ4n) is 0. The number of hydrogen-bond acceptors (Lipinski definition) is 0. The minimum absolute atomic E-state index is 0. The molecule has 0 aliphatic rings. The van der Waals surface area contributed by atoms with Gasteiger partial charge in [0.05, 0.1) is 0 Å². The predicted molar refractivity (Wildman–Crippen MR) is 5.75 cm³/mol. The Kier molecular flexibility index (Phi) is 150. The molecule has 0 unspecified atom stereocenters. The zero-order valence-electron chi connectivity index (χ0n) is 1.63. The van der Waals surface area contributed by atoms with Crippen molar-refractivity contribution in [2.24, 2.45) is 0 Å². The van der Waals surface area contributed by atoms with Gasteiger partial charge in [0.2, 0.25) is 0 Å². The van der Waals surface area contributed by atoms with Crippen molar-refractivity contribution in [1.82, 2.24) is 0 Å². The van der Waals surface area contributed by atoms with Crippen LogP contribution < -0.4 is 0 Å². The molecule has 0 amide bonds. The largest absolute Gasteiger partial charge is 0 e. The first-order valence-corrected chi connectivity index (χ1v) is 0. The third kappa shape index (κ3) is 8.84. The molecule has 0 heterocycles. The van der Waals surface area contributed by atoms with Crippen molar-refractivity contribution in [2.45, 2.75) is 0 Å². The van der Waals surface area contributed by atoms with Crippen LogP contribution in [0.5, 0.6) is 0 Å². The van der Waals surface area contributed by atoms with Gasteiger partial charge in [0.25, 0.3) is 0 Å². The summed E-state index contributed by atoms with van der Waals surface area (Å²) in [7, 11) is 0. The molecule has 7 radical (unpaired) electrons. The van der Waals surface area contributed by atoms with Crippen molar-refractivity contribution in [3.8, 4) is 0 Å². The Morgan fingerprint density at radius 3 is 0.500 bits per heavy atom. The van der Waals surface area contributed by atoms with Crippen LogP contribution in [0.15, 0.2) is 0 Å². The maximum Gasteiger partial charge on any atom is 0 e. The van der Waals surface area contributed by atoms with E-state index in [0.29, 0.717) is 0 Å². The Balaban J connectivity index is 0. The zero-order chi connectivity index (χ0) is 0. The van der Waals surface area contributed by atoms with E-state index in [4.69, 9.17) is 0 Å². The molecule has 0 aromatic carbocycles. The molecule has 0 aliphatic heterocycles. The standard InChI is InChI=1S/3Mn.Sn. The van der Waals surface area contributed by atoms with Gasteiger partial charge < -0.3 is 0 Å². The van der Waals surface area contributed by atoms with Crippen molar-refractivity contribution >= 4 is 23.9 Å². The second kappa shape index (κ2) is 18.3. The predicted octanol–water partition coefficient (Wildman–Crippen LogP) is -0.388. The van der Waals surface area contributed by atoms with Gasteiger partial charge in [0.1, 0.15) is 0 Å². The maximum atomic E-state index is 0. The monoisotopic (exact) mass is 285 g/mol. The molecule has 4 heteroatoms. The molecule has 0 atom stereocenters. The van der Waals surface area contributed by atoms with Crippen molar-refractivity contribution in [1.29, 1.82) is 0 Å². The van der Waals surface area contributed by atoms with E-state index in [1.165, 1.54) is 0 Å².